The van der Waals surface area contributed by atoms with Crippen molar-refractivity contribution in [2.75, 3.05) is 5.32 Å². The number of carbonyl (C=O) groups excluding carboxylic acids is 1. The summed E-state index contributed by atoms with van der Waals surface area (Å²) in [5.41, 5.74) is 0.533. The smallest absolute Gasteiger partial charge is 0.319 e. The third-order valence-electron chi connectivity index (χ3n) is 3.14. The van der Waals surface area contributed by atoms with Crippen LogP contribution in [0, 0.1) is 0 Å². The fourth-order valence-corrected chi connectivity index (χ4v) is 2.31. The maximum Gasteiger partial charge on any atom is 0.319 e. The lowest BCUT2D eigenvalue weighted by Gasteiger charge is -2.22. The van der Waals surface area contributed by atoms with Gasteiger partial charge in [-0.05, 0) is 25.0 Å². The molecular formula is C13H17ClN2O2. The molecule has 1 saturated carbocycles. The standard InChI is InChI=1S/C13H17ClN2O2/c14-11-7-6-10(8-12(11)17)16-13(18)15-9-4-2-1-3-5-9/h6-9,17H,1-5H2,(H2,15,16,18). The Hall–Kier alpha value is -1.42. The SMILES string of the molecule is O=C(Nc1ccc(Cl)c(O)c1)NC1CCCCC1. The Labute approximate surface area is 111 Å². The summed E-state index contributed by atoms with van der Waals surface area (Å²) in [6, 6.07) is 4.67. The summed E-state index contributed by atoms with van der Waals surface area (Å²) in [7, 11) is 0. The minimum absolute atomic E-state index is 0.0351. The number of carbonyl (C=O) groups is 1. The van der Waals surface area contributed by atoms with Crippen molar-refractivity contribution in [2.45, 2.75) is 38.1 Å². The van der Waals surface area contributed by atoms with E-state index in [1.807, 2.05) is 0 Å². The van der Waals surface area contributed by atoms with Crippen LogP contribution < -0.4 is 10.6 Å². The highest BCUT2D eigenvalue weighted by Crippen LogP contribution is 2.26. The Morgan fingerprint density at radius 2 is 2.00 bits per heavy atom. The van der Waals surface area contributed by atoms with Crippen molar-refractivity contribution in [3.8, 4) is 5.75 Å². The van der Waals surface area contributed by atoms with Gasteiger partial charge in [0.25, 0.3) is 0 Å². The number of phenolic OH excluding ortho intramolecular Hbond substituents is 1. The molecule has 98 valence electrons. The predicted molar refractivity (Wildman–Crippen MR) is 72.1 cm³/mol. The van der Waals surface area contributed by atoms with Gasteiger partial charge in [-0.1, -0.05) is 30.9 Å². The van der Waals surface area contributed by atoms with Crippen molar-refractivity contribution in [1.29, 1.82) is 0 Å². The van der Waals surface area contributed by atoms with Crippen LogP contribution in [-0.4, -0.2) is 17.2 Å². The quantitative estimate of drug-likeness (QED) is 0.769. The number of benzene rings is 1. The van der Waals surface area contributed by atoms with Crippen LogP contribution in [0.1, 0.15) is 32.1 Å². The van der Waals surface area contributed by atoms with Crippen LogP contribution in [0.25, 0.3) is 0 Å². The highest BCUT2D eigenvalue weighted by molar-refractivity contribution is 6.32. The van der Waals surface area contributed by atoms with Crippen LogP contribution >= 0.6 is 11.6 Å². The number of hydrogen-bond donors (Lipinski definition) is 3. The lowest BCUT2D eigenvalue weighted by Crippen LogP contribution is -2.38. The first-order valence-electron chi connectivity index (χ1n) is 6.21. The van der Waals surface area contributed by atoms with Gasteiger partial charge < -0.3 is 15.7 Å². The summed E-state index contributed by atoms with van der Waals surface area (Å²) in [4.78, 5) is 11.7. The van der Waals surface area contributed by atoms with E-state index in [4.69, 9.17) is 11.6 Å². The fourth-order valence-electron chi connectivity index (χ4n) is 2.19. The minimum Gasteiger partial charge on any atom is -0.506 e. The molecule has 18 heavy (non-hydrogen) atoms. The molecule has 0 aromatic heterocycles. The summed E-state index contributed by atoms with van der Waals surface area (Å²) < 4.78 is 0. The average molecular weight is 269 g/mol. The number of nitrogens with one attached hydrogen (secondary N) is 2. The molecule has 0 spiro atoms. The van der Waals surface area contributed by atoms with E-state index in [0.717, 1.165) is 12.8 Å². The molecule has 0 aliphatic heterocycles. The minimum atomic E-state index is -0.233. The molecule has 1 aromatic rings. The first-order valence-corrected chi connectivity index (χ1v) is 6.59. The van der Waals surface area contributed by atoms with E-state index in [-0.39, 0.29) is 22.8 Å². The maximum atomic E-state index is 11.7. The van der Waals surface area contributed by atoms with Crippen molar-refractivity contribution < 1.29 is 9.90 Å². The zero-order valence-electron chi connectivity index (χ0n) is 10.1. The topological polar surface area (TPSA) is 61.4 Å². The number of phenols is 1. The van der Waals surface area contributed by atoms with Gasteiger partial charge in [-0.2, -0.15) is 0 Å². The van der Waals surface area contributed by atoms with E-state index in [1.54, 1.807) is 12.1 Å². The van der Waals surface area contributed by atoms with Crippen molar-refractivity contribution in [2.24, 2.45) is 0 Å². The number of amides is 2. The van der Waals surface area contributed by atoms with Gasteiger partial charge in [0.15, 0.2) is 0 Å². The number of halogens is 1. The van der Waals surface area contributed by atoms with Crippen molar-refractivity contribution in [1.82, 2.24) is 5.32 Å². The number of rotatable bonds is 2. The molecule has 1 fully saturated rings. The Morgan fingerprint density at radius 3 is 2.67 bits per heavy atom. The van der Waals surface area contributed by atoms with Gasteiger partial charge in [-0.25, -0.2) is 4.79 Å². The molecule has 0 bridgehead atoms. The Kier molecular flexibility index (Phi) is 4.31. The molecule has 1 aliphatic carbocycles. The molecule has 2 amide bonds. The Bertz CT molecular complexity index is 431. The van der Waals surface area contributed by atoms with Crippen LogP contribution in [-0.2, 0) is 0 Å². The second-order valence-corrected chi connectivity index (χ2v) is 5.01. The molecule has 0 unspecified atom stereocenters. The summed E-state index contributed by atoms with van der Waals surface area (Å²) >= 11 is 5.69. The molecule has 0 radical (unpaired) electrons. The second kappa shape index (κ2) is 5.96. The predicted octanol–water partition coefficient (Wildman–Crippen LogP) is 3.50. The van der Waals surface area contributed by atoms with Crippen molar-refractivity contribution >= 4 is 23.3 Å². The van der Waals surface area contributed by atoms with E-state index < -0.39 is 0 Å². The first-order chi connectivity index (χ1) is 8.65. The van der Waals surface area contributed by atoms with E-state index >= 15 is 0 Å². The van der Waals surface area contributed by atoms with E-state index in [1.165, 1.54) is 25.3 Å². The average Bonchev–Trinajstić information content (AvgIpc) is 2.35. The highest BCUT2D eigenvalue weighted by Gasteiger charge is 2.15. The van der Waals surface area contributed by atoms with Gasteiger partial charge in [0.2, 0.25) is 0 Å². The zero-order chi connectivity index (χ0) is 13.0. The lowest BCUT2D eigenvalue weighted by atomic mass is 9.96. The van der Waals surface area contributed by atoms with Gasteiger partial charge in [0, 0.05) is 17.8 Å². The van der Waals surface area contributed by atoms with E-state index in [9.17, 15) is 9.90 Å². The molecule has 0 heterocycles. The van der Waals surface area contributed by atoms with E-state index in [0.29, 0.717) is 5.69 Å². The zero-order valence-corrected chi connectivity index (χ0v) is 10.8. The van der Waals surface area contributed by atoms with Crippen molar-refractivity contribution in [3.63, 3.8) is 0 Å². The third-order valence-corrected chi connectivity index (χ3v) is 3.46. The summed E-state index contributed by atoms with van der Waals surface area (Å²) in [6.45, 7) is 0. The summed E-state index contributed by atoms with van der Waals surface area (Å²) in [5, 5.41) is 15.3. The van der Waals surface area contributed by atoms with Crippen LogP contribution in [0.15, 0.2) is 18.2 Å². The fraction of sp³-hybridized carbons (Fsp3) is 0.462. The molecule has 3 N–H and O–H groups in total. The Balaban J connectivity index is 1.88. The van der Waals surface area contributed by atoms with Gasteiger partial charge in [0.1, 0.15) is 5.75 Å². The number of aromatic hydroxyl groups is 1. The first kappa shape index (κ1) is 13.0. The second-order valence-electron chi connectivity index (χ2n) is 4.60. The van der Waals surface area contributed by atoms with Gasteiger partial charge in [-0.15, -0.1) is 0 Å². The summed E-state index contributed by atoms with van der Waals surface area (Å²) in [6.07, 6.45) is 5.68. The van der Waals surface area contributed by atoms with E-state index in [2.05, 4.69) is 10.6 Å². The van der Waals surface area contributed by atoms with Crippen LogP contribution in [0.2, 0.25) is 5.02 Å². The molecule has 5 heteroatoms. The van der Waals surface area contributed by atoms with Crippen LogP contribution in [0.3, 0.4) is 0 Å². The molecule has 0 atom stereocenters. The lowest BCUT2D eigenvalue weighted by molar-refractivity contribution is 0.244. The normalized spacial score (nSPS) is 16.3. The largest absolute Gasteiger partial charge is 0.506 e. The molecule has 1 aliphatic rings. The summed E-state index contributed by atoms with van der Waals surface area (Å²) in [5.74, 6) is -0.0351. The molecule has 4 nitrogen and oxygen atoms in total. The number of urea groups is 1. The van der Waals surface area contributed by atoms with Crippen LogP contribution in [0.4, 0.5) is 10.5 Å². The van der Waals surface area contributed by atoms with Gasteiger partial charge >= 0.3 is 6.03 Å². The monoisotopic (exact) mass is 268 g/mol. The third kappa shape index (κ3) is 3.53. The molecule has 2 rings (SSSR count). The highest BCUT2D eigenvalue weighted by atomic mass is 35.5. The molecule has 0 saturated heterocycles. The van der Waals surface area contributed by atoms with Crippen molar-refractivity contribution in [3.05, 3.63) is 23.2 Å². The molecular weight excluding hydrogens is 252 g/mol. The van der Waals surface area contributed by atoms with Gasteiger partial charge in [-0.3, -0.25) is 0 Å². The molecule has 1 aromatic carbocycles. The Morgan fingerprint density at radius 1 is 1.28 bits per heavy atom. The maximum absolute atomic E-state index is 11.7. The number of anilines is 1. The number of hydrogen-bond acceptors (Lipinski definition) is 2. The van der Waals surface area contributed by atoms with Gasteiger partial charge in [0.05, 0.1) is 5.02 Å². The van der Waals surface area contributed by atoms with Crippen LogP contribution in [0.5, 0.6) is 5.75 Å².